The van der Waals surface area contributed by atoms with Gasteiger partial charge in [0.25, 0.3) is 0 Å². The van der Waals surface area contributed by atoms with E-state index in [1.165, 1.54) is 24.3 Å². The molecule has 0 radical (unpaired) electrons. The lowest BCUT2D eigenvalue weighted by molar-refractivity contribution is -0.192. The lowest BCUT2D eigenvalue weighted by Gasteiger charge is -2.37. The molecule has 0 bridgehead atoms. The van der Waals surface area contributed by atoms with Gasteiger partial charge in [0.2, 0.25) is 11.8 Å². The van der Waals surface area contributed by atoms with E-state index in [0.29, 0.717) is 30.4 Å². The van der Waals surface area contributed by atoms with Gasteiger partial charge in [-0.1, -0.05) is 52.3 Å². The zero-order valence-corrected chi connectivity index (χ0v) is 25.1. The van der Waals surface area contributed by atoms with E-state index in [1.807, 2.05) is 24.3 Å². The van der Waals surface area contributed by atoms with Gasteiger partial charge in [-0.05, 0) is 85.3 Å². The number of rotatable bonds is 8. The molecule has 0 unspecified atom stereocenters. The summed E-state index contributed by atoms with van der Waals surface area (Å²) in [4.78, 5) is 34.9. The monoisotopic (exact) mass is 683 g/mol. The second-order valence-corrected chi connectivity index (χ2v) is 11.1. The number of aliphatic carboxylic acids is 1. The maximum absolute atomic E-state index is 13.8. The smallest absolute Gasteiger partial charge is 0.475 e. The Morgan fingerprint density at radius 3 is 1.84 bits per heavy atom. The Hall–Kier alpha value is -3.84. The predicted octanol–water partition coefficient (Wildman–Crippen LogP) is 5.85. The van der Waals surface area contributed by atoms with E-state index in [4.69, 9.17) is 9.90 Å². The number of carbonyl (C=O) groups is 3. The van der Waals surface area contributed by atoms with E-state index in [-0.39, 0.29) is 47.9 Å². The molecule has 3 aromatic carbocycles. The molecule has 1 fully saturated rings. The van der Waals surface area contributed by atoms with Crippen LogP contribution in [0.1, 0.15) is 47.9 Å². The van der Waals surface area contributed by atoms with E-state index >= 15 is 0 Å². The molecule has 0 heterocycles. The number of carboxylic acid groups (broad SMARTS) is 1. The van der Waals surface area contributed by atoms with E-state index in [2.05, 4.69) is 31.9 Å². The molecule has 44 heavy (non-hydrogen) atoms. The summed E-state index contributed by atoms with van der Waals surface area (Å²) >= 11 is 3.47. The first-order valence-electron chi connectivity index (χ1n) is 13.6. The average Bonchev–Trinajstić information content (AvgIpc) is 2.97. The third kappa shape index (κ3) is 10.1. The molecule has 4 rings (SSSR count). The lowest BCUT2D eigenvalue weighted by atomic mass is 9.73. The highest BCUT2D eigenvalue weighted by Crippen LogP contribution is 2.39. The van der Waals surface area contributed by atoms with Crippen molar-refractivity contribution in [1.29, 1.82) is 0 Å². The van der Waals surface area contributed by atoms with Crippen molar-refractivity contribution in [3.05, 3.63) is 106 Å². The minimum absolute atomic E-state index is 0.0384. The first-order chi connectivity index (χ1) is 20.8. The third-order valence-corrected chi connectivity index (χ3v) is 7.65. The van der Waals surface area contributed by atoms with Gasteiger partial charge in [0.05, 0.1) is 12.6 Å². The third-order valence-electron chi connectivity index (χ3n) is 7.12. The molecule has 236 valence electrons. The standard InChI is InChI=1S/C29H30BrF2N3O2.C2HF3O2/c1-33-17-27(36)34-24-14-15-25(26(16-24)18-2-8-21(30)9-3-18)29(37)35-28(19-4-10-22(31)11-5-19)20-6-12-23(32)13-7-20;3-2(4,5)1(6)7/h2-13,24-26,28,33H,14-17H2,1H3,(H,34,36)(H,35,37);(H,6,7)/t24-,25-,26+;/m1./s1. The van der Waals surface area contributed by atoms with Gasteiger partial charge in [-0.15, -0.1) is 0 Å². The Balaban J connectivity index is 0.000000676. The Bertz CT molecular complexity index is 1360. The van der Waals surface area contributed by atoms with E-state index in [9.17, 15) is 31.5 Å². The van der Waals surface area contributed by atoms with Crippen LogP contribution in [0.4, 0.5) is 22.0 Å². The number of hydrogen-bond acceptors (Lipinski definition) is 4. The zero-order valence-electron chi connectivity index (χ0n) is 23.5. The number of carboxylic acids is 1. The summed E-state index contributed by atoms with van der Waals surface area (Å²) in [5.74, 6) is -4.15. The quantitative estimate of drug-likeness (QED) is 0.223. The van der Waals surface area contributed by atoms with Crippen LogP contribution in [0.3, 0.4) is 0 Å². The number of likely N-dealkylation sites (N-methyl/N-ethyl adjacent to an activating group) is 1. The molecule has 3 atom stereocenters. The maximum atomic E-state index is 13.8. The Morgan fingerprint density at radius 1 is 0.886 bits per heavy atom. The van der Waals surface area contributed by atoms with E-state index < -0.39 is 18.2 Å². The molecule has 7 nitrogen and oxygen atoms in total. The number of benzene rings is 3. The van der Waals surface area contributed by atoms with Crippen LogP contribution in [-0.4, -0.2) is 48.7 Å². The summed E-state index contributed by atoms with van der Waals surface area (Å²) in [6.07, 6.45) is -3.18. The van der Waals surface area contributed by atoms with Gasteiger partial charge in [-0.25, -0.2) is 13.6 Å². The van der Waals surface area contributed by atoms with Gasteiger partial charge < -0.3 is 21.1 Å². The fourth-order valence-corrected chi connectivity index (χ4v) is 5.32. The van der Waals surface area contributed by atoms with E-state index in [1.54, 1.807) is 31.3 Å². The largest absolute Gasteiger partial charge is 0.490 e. The molecule has 4 N–H and O–H groups in total. The molecular weight excluding hydrogens is 653 g/mol. The summed E-state index contributed by atoms with van der Waals surface area (Å²) in [7, 11) is 1.73. The van der Waals surface area contributed by atoms with Crippen LogP contribution in [0.2, 0.25) is 0 Å². The highest BCUT2D eigenvalue weighted by Gasteiger charge is 2.39. The Kier molecular flexibility index (Phi) is 12.4. The molecule has 0 spiro atoms. The molecule has 0 aromatic heterocycles. The number of carbonyl (C=O) groups excluding carboxylic acids is 2. The fraction of sp³-hybridized carbons (Fsp3) is 0.323. The van der Waals surface area contributed by atoms with Crippen LogP contribution in [-0.2, 0) is 14.4 Å². The van der Waals surface area contributed by atoms with Crippen molar-refractivity contribution in [2.75, 3.05) is 13.6 Å². The number of halogens is 6. The van der Waals surface area contributed by atoms with Crippen molar-refractivity contribution in [2.45, 2.75) is 43.4 Å². The van der Waals surface area contributed by atoms with Gasteiger partial charge in [0, 0.05) is 16.4 Å². The van der Waals surface area contributed by atoms with Crippen molar-refractivity contribution in [3.8, 4) is 0 Å². The van der Waals surface area contributed by atoms with Crippen LogP contribution < -0.4 is 16.0 Å². The van der Waals surface area contributed by atoms with Crippen molar-refractivity contribution in [2.24, 2.45) is 5.92 Å². The summed E-state index contributed by atoms with van der Waals surface area (Å²) in [6, 6.07) is 19.2. The van der Waals surface area contributed by atoms with E-state index in [0.717, 1.165) is 10.0 Å². The van der Waals surface area contributed by atoms with Crippen LogP contribution >= 0.6 is 15.9 Å². The van der Waals surface area contributed by atoms with Crippen molar-refractivity contribution in [1.82, 2.24) is 16.0 Å². The molecule has 0 saturated heterocycles. The Labute approximate surface area is 259 Å². The molecule has 2 amide bonds. The summed E-state index contributed by atoms with van der Waals surface area (Å²) in [5.41, 5.74) is 2.43. The molecule has 1 aliphatic rings. The highest BCUT2D eigenvalue weighted by molar-refractivity contribution is 9.10. The first-order valence-corrected chi connectivity index (χ1v) is 14.4. The normalized spacial score (nSPS) is 18.1. The van der Waals surface area contributed by atoms with Crippen LogP contribution in [0.15, 0.2) is 77.3 Å². The second-order valence-electron chi connectivity index (χ2n) is 10.2. The number of nitrogens with one attached hydrogen (secondary N) is 3. The minimum atomic E-state index is -5.08. The van der Waals surface area contributed by atoms with Crippen LogP contribution in [0.25, 0.3) is 0 Å². The molecule has 3 aromatic rings. The van der Waals surface area contributed by atoms with Gasteiger partial charge in [-0.3, -0.25) is 9.59 Å². The zero-order chi connectivity index (χ0) is 32.4. The second kappa shape index (κ2) is 15.8. The van der Waals surface area contributed by atoms with Gasteiger partial charge >= 0.3 is 12.1 Å². The molecule has 0 aliphatic heterocycles. The number of amides is 2. The summed E-state index contributed by atoms with van der Waals surface area (Å²) in [5, 5.41) is 16.2. The predicted molar refractivity (Wildman–Crippen MR) is 157 cm³/mol. The summed E-state index contributed by atoms with van der Waals surface area (Å²) in [6.45, 7) is 0.236. The van der Waals surface area contributed by atoms with Crippen molar-refractivity contribution >= 4 is 33.7 Å². The average molecular weight is 685 g/mol. The van der Waals surface area contributed by atoms with Crippen LogP contribution in [0, 0.1) is 17.6 Å². The topological polar surface area (TPSA) is 108 Å². The van der Waals surface area contributed by atoms with Crippen LogP contribution in [0.5, 0.6) is 0 Å². The molecule has 13 heteroatoms. The molecular formula is C31H31BrF5N3O4. The van der Waals surface area contributed by atoms with Gasteiger partial charge in [0.1, 0.15) is 11.6 Å². The lowest BCUT2D eigenvalue weighted by Crippen LogP contribution is -2.46. The molecule has 1 aliphatic carbocycles. The first kappa shape index (κ1) is 34.6. The maximum Gasteiger partial charge on any atom is 0.490 e. The highest BCUT2D eigenvalue weighted by atomic mass is 79.9. The van der Waals surface area contributed by atoms with Gasteiger partial charge in [0.15, 0.2) is 0 Å². The number of hydrogen-bond donors (Lipinski definition) is 4. The number of alkyl halides is 3. The van der Waals surface area contributed by atoms with Crippen molar-refractivity contribution < 1.29 is 41.4 Å². The summed E-state index contributed by atoms with van der Waals surface area (Å²) < 4.78 is 59.9. The van der Waals surface area contributed by atoms with Gasteiger partial charge in [-0.2, -0.15) is 13.2 Å². The van der Waals surface area contributed by atoms with Crippen molar-refractivity contribution in [3.63, 3.8) is 0 Å². The minimum Gasteiger partial charge on any atom is -0.475 e. The fourth-order valence-electron chi connectivity index (χ4n) is 5.05. The SMILES string of the molecule is CNCC(=O)N[C@@H]1CC[C@@H](C(=O)NC(c2ccc(F)cc2)c2ccc(F)cc2)[C@H](c2ccc(Br)cc2)C1.O=C(O)C(F)(F)F. The molecule has 1 saturated carbocycles. The Morgan fingerprint density at radius 2 is 1.39 bits per heavy atom.